The molecule has 0 N–H and O–H groups in total. The summed E-state index contributed by atoms with van der Waals surface area (Å²) in [6.07, 6.45) is 6.97. The Labute approximate surface area is 144 Å². The SMILES string of the molecule is CC(C)N(CC1CCN(c2ccc(Br)cc2)CC1)C1CCC1. The Morgan fingerprint density at radius 2 is 1.73 bits per heavy atom. The lowest BCUT2D eigenvalue weighted by Crippen LogP contribution is -2.48. The minimum absolute atomic E-state index is 0.704. The van der Waals surface area contributed by atoms with Crippen LogP contribution < -0.4 is 4.90 Å². The highest BCUT2D eigenvalue weighted by Gasteiger charge is 2.30. The smallest absolute Gasteiger partial charge is 0.0366 e. The van der Waals surface area contributed by atoms with Gasteiger partial charge in [0.1, 0.15) is 0 Å². The molecule has 1 aliphatic heterocycles. The van der Waals surface area contributed by atoms with Crippen molar-refractivity contribution in [2.45, 2.75) is 58.0 Å². The van der Waals surface area contributed by atoms with Crippen LogP contribution in [0.3, 0.4) is 0 Å². The molecular weight excluding hydrogens is 336 g/mol. The molecular formula is C19H29BrN2. The third-order valence-corrected chi connectivity index (χ3v) is 6.01. The summed E-state index contributed by atoms with van der Waals surface area (Å²) < 4.78 is 1.17. The average molecular weight is 365 g/mol. The van der Waals surface area contributed by atoms with Crippen molar-refractivity contribution in [3.63, 3.8) is 0 Å². The summed E-state index contributed by atoms with van der Waals surface area (Å²) in [5.74, 6) is 0.884. The van der Waals surface area contributed by atoms with Crippen LogP contribution in [0.5, 0.6) is 0 Å². The Balaban J connectivity index is 1.51. The van der Waals surface area contributed by atoms with Gasteiger partial charge in [0.2, 0.25) is 0 Å². The van der Waals surface area contributed by atoms with Crippen LogP contribution in [0.4, 0.5) is 5.69 Å². The van der Waals surface area contributed by atoms with E-state index in [2.05, 4.69) is 63.8 Å². The molecule has 0 radical (unpaired) electrons. The summed E-state index contributed by atoms with van der Waals surface area (Å²) in [5.41, 5.74) is 1.38. The number of hydrogen-bond acceptors (Lipinski definition) is 2. The van der Waals surface area contributed by atoms with E-state index in [1.807, 2.05) is 0 Å². The van der Waals surface area contributed by atoms with E-state index in [9.17, 15) is 0 Å². The Bertz CT molecular complexity index is 459. The van der Waals surface area contributed by atoms with Gasteiger partial charge in [0.25, 0.3) is 0 Å². The van der Waals surface area contributed by atoms with Crippen LogP contribution in [0.2, 0.25) is 0 Å². The van der Waals surface area contributed by atoms with Gasteiger partial charge >= 0.3 is 0 Å². The zero-order valence-electron chi connectivity index (χ0n) is 14.0. The second-order valence-corrected chi connectivity index (χ2v) is 8.20. The van der Waals surface area contributed by atoms with Gasteiger partial charge in [-0.1, -0.05) is 22.4 Å². The molecule has 22 heavy (non-hydrogen) atoms. The number of piperidine rings is 1. The second-order valence-electron chi connectivity index (χ2n) is 7.28. The maximum atomic E-state index is 3.52. The van der Waals surface area contributed by atoms with Crippen LogP contribution in [0.1, 0.15) is 46.0 Å². The van der Waals surface area contributed by atoms with Crippen molar-refractivity contribution in [2.24, 2.45) is 5.92 Å². The molecule has 3 heteroatoms. The topological polar surface area (TPSA) is 6.48 Å². The van der Waals surface area contributed by atoms with Crippen LogP contribution in [0.25, 0.3) is 0 Å². The molecule has 2 nitrogen and oxygen atoms in total. The molecule has 0 spiro atoms. The Morgan fingerprint density at radius 1 is 1.09 bits per heavy atom. The molecule has 1 aromatic rings. The number of rotatable bonds is 5. The van der Waals surface area contributed by atoms with Gasteiger partial charge in [0.15, 0.2) is 0 Å². The predicted octanol–water partition coefficient (Wildman–Crippen LogP) is 4.93. The van der Waals surface area contributed by atoms with E-state index in [4.69, 9.17) is 0 Å². The molecule has 1 heterocycles. The predicted molar refractivity (Wildman–Crippen MR) is 98.6 cm³/mol. The molecule has 0 atom stereocenters. The van der Waals surface area contributed by atoms with E-state index < -0.39 is 0 Å². The molecule has 0 amide bonds. The van der Waals surface area contributed by atoms with Gasteiger partial charge in [-0.15, -0.1) is 0 Å². The van der Waals surface area contributed by atoms with Crippen molar-refractivity contribution in [1.82, 2.24) is 4.90 Å². The van der Waals surface area contributed by atoms with Crippen molar-refractivity contribution >= 4 is 21.6 Å². The first-order valence-electron chi connectivity index (χ1n) is 8.89. The van der Waals surface area contributed by atoms with Gasteiger partial charge < -0.3 is 4.90 Å². The van der Waals surface area contributed by atoms with E-state index in [1.54, 1.807) is 0 Å². The third-order valence-electron chi connectivity index (χ3n) is 5.48. The van der Waals surface area contributed by atoms with Gasteiger partial charge in [-0.25, -0.2) is 0 Å². The fourth-order valence-corrected chi connectivity index (χ4v) is 4.09. The largest absolute Gasteiger partial charge is 0.372 e. The minimum atomic E-state index is 0.704. The second kappa shape index (κ2) is 7.35. The van der Waals surface area contributed by atoms with Crippen LogP contribution in [0, 0.1) is 5.92 Å². The summed E-state index contributed by atoms with van der Waals surface area (Å²) in [5, 5.41) is 0. The fourth-order valence-electron chi connectivity index (χ4n) is 3.82. The number of hydrogen-bond donors (Lipinski definition) is 0. The van der Waals surface area contributed by atoms with Crippen molar-refractivity contribution in [3.05, 3.63) is 28.7 Å². The molecule has 3 rings (SSSR count). The lowest BCUT2D eigenvalue weighted by molar-refractivity contribution is 0.0713. The number of nitrogens with zero attached hydrogens (tertiary/aromatic N) is 2. The quantitative estimate of drug-likeness (QED) is 0.730. The van der Waals surface area contributed by atoms with Gasteiger partial charge in [-0.05, 0) is 69.7 Å². The maximum absolute atomic E-state index is 3.52. The standard InChI is InChI=1S/C19H29BrN2/c1-15(2)22(19-4-3-5-19)14-16-10-12-21(13-11-16)18-8-6-17(20)7-9-18/h6-9,15-16,19H,3-5,10-14H2,1-2H3. The van der Waals surface area contributed by atoms with Gasteiger partial charge in [-0.3, -0.25) is 4.90 Å². The highest BCUT2D eigenvalue weighted by atomic mass is 79.9. The molecule has 2 fully saturated rings. The molecule has 0 unspecified atom stereocenters. The van der Waals surface area contributed by atoms with Crippen molar-refractivity contribution in [3.8, 4) is 0 Å². The molecule has 122 valence electrons. The summed E-state index contributed by atoms with van der Waals surface area (Å²) >= 11 is 3.52. The van der Waals surface area contributed by atoms with Gasteiger partial charge in [0.05, 0.1) is 0 Å². The van der Waals surface area contributed by atoms with E-state index in [1.165, 1.54) is 61.9 Å². The normalized spacial score (nSPS) is 20.7. The van der Waals surface area contributed by atoms with Crippen LogP contribution in [-0.2, 0) is 0 Å². The van der Waals surface area contributed by atoms with E-state index in [-0.39, 0.29) is 0 Å². The zero-order chi connectivity index (χ0) is 15.5. The van der Waals surface area contributed by atoms with Crippen molar-refractivity contribution in [1.29, 1.82) is 0 Å². The van der Waals surface area contributed by atoms with E-state index in [0.29, 0.717) is 6.04 Å². The number of benzene rings is 1. The molecule has 2 aliphatic rings. The zero-order valence-corrected chi connectivity index (χ0v) is 15.6. The van der Waals surface area contributed by atoms with Crippen molar-refractivity contribution in [2.75, 3.05) is 24.5 Å². The molecule has 1 aromatic carbocycles. The Kier molecular flexibility index (Phi) is 5.46. The van der Waals surface area contributed by atoms with Crippen LogP contribution in [-0.4, -0.2) is 36.6 Å². The highest BCUT2D eigenvalue weighted by molar-refractivity contribution is 9.10. The lowest BCUT2D eigenvalue weighted by atomic mass is 9.88. The summed E-state index contributed by atoms with van der Waals surface area (Å²) in [6.45, 7) is 8.48. The molecule has 0 bridgehead atoms. The van der Waals surface area contributed by atoms with Gasteiger partial charge in [0, 0.05) is 41.9 Å². The van der Waals surface area contributed by atoms with Crippen LogP contribution in [0.15, 0.2) is 28.7 Å². The minimum Gasteiger partial charge on any atom is -0.372 e. The van der Waals surface area contributed by atoms with E-state index >= 15 is 0 Å². The van der Waals surface area contributed by atoms with Gasteiger partial charge in [-0.2, -0.15) is 0 Å². The first-order valence-corrected chi connectivity index (χ1v) is 9.69. The number of halogens is 1. The van der Waals surface area contributed by atoms with Crippen molar-refractivity contribution < 1.29 is 0 Å². The lowest BCUT2D eigenvalue weighted by Gasteiger charge is -2.43. The fraction of sp³-hybridized carbons (Fsp3) is 0.684. The van der Waals surface area contributed by atoms with Crippen LogP contribution >= 0.6 is 15.9 Å². The average Bonchev–Trinajstić information content (AvgIpc) is 2.46. The molecule has 0 aromatic heterocycles. The third kappa shape index (κ3) is 3.86. The summed E-state index contributed by atoms with van der Waals surface area (Å²) in [6, 6.07) is 10.4. The Morgan fingerprint density at radius 3 is 2.23 bits per heavy atom. The molecule has 1 aliphatic carbocycles. The summed E-state index contributed by atoms with van der Waals surface area (Å²) in [7, 11) is 0. The van der Waals surface area contributed by atoms with E-state index in [0.717, 1.165) is 12.0 Å². The Hall–Kier alpha value is -0.540. The highest BCUT2D eigenvalue weighted by Crippen LogP contribution is 2.30. The monoisotopic (exact) mass is 364 g/mol. The molecule has 1 saturated heterocycles. The molecule has 1 saturated carbocycles. The number of anilines is 1. The first-order chi connectivity index (χ1) is 10.6. The first kappa shape index (κ1) is 16.3. The summed E-state index contributed by atoms with van der Waals surface area (Å²) in [4.78, 5) is 5.33. The maximum Gasteiger partial charge on any atom is 0.0366 e.